The first-order chi connectivity index (χ1) is 9.19. The van der Waals surface area contributed by atoms with Crippen LogP contribution in [-0.4, -0.2) is 36.6 Å². The van der Waals surface area contributed by atoms with Crippen LogP contribution in [0.1, 0.15) is 18.9 Å². The molecule has 0 aromatic heterocycles. The standard InChI is InChI=1S/C14H18N2O3/c1-2-11-3-5-12(6-4-11)15-13(17)7-8-16-9-10-19-14(16)18/h3-6H,2,7-10H2,1H3,(H,15,17). The van der Waals surface area contributed by atoms with Gasteiger partial charge in [-0.1, -0.05) is 19.1 Å². The molecule has 5 nitrogen and oxygen atoms in total. The Bertz CT molecular complexity index is 456. The van der Waals surface area contributed by atoms with Crippen LogP contribution in [0.5, 0.6) is 0 Å². The van der Waals surface area contributed by atoms with Crippen molar-refractivity contribution in [2.45, 2.75) is 19.8 Å². The lowest BCUT2D eigenvalue weighted by atomic mass is 10.1. The largest absolute Gasteiger partial charge is 0.448 e. The van der Waals surface area contributed by atoms with Crippen molar-refractivity contribution >= 4 is 17.7 Å². The van der Waals surface area contributed by atoms with Gasteiger partial charge in [-0.2, -0.15) is 0 Å². The molecule has 1 aliphatic rings. The van der Waals surface area contributed by atoms with Gasteiger partial charge in [0.05, 0.1) is 6.54 Å². The molecule has 5 heteroatoms. The van der Waals surface area contributed by atoms with Crippen LogP contribution in [0, 0.1) is 0 Å². The summed E-state index contributed by atoms with van der Waals surface area (Å²) in [6.45, 7) is 3.47. The fourth-order valence-corrected chi connectivity index (χ4v) is 1.91. The molecule has 0 unspecified atom stereocenters. The third-order valence-corrected chi connectivity index (χ3v) is 3.10. The van der Waals surface area contributed by atoms with Crippen LogP contribution in [0.25, 0.3) is 0 Å². The van der Waals surface area contributed by atoms with E-state index in [2.05, 4.69) is 12.2 Å². The summed E-state index contributed by atoms with van der Waals surface area (Å²) in [5.41, 5.74) is 2.02. The van der Waals surface area contributed by atoms with Gasteiger partial charge in [-0.05, 0) is 24.1 Å². The fraction of sp³-hybridized carbons (Fsp3) is 0.429. The second-order valence-corrected chi connectivity index (χ2v) is 4.45. The number of nitrogens with zero attached hydrogens (tertiary/aromatic N) is 1. The van der Waals surface area contributed by atoms with Gasteiger partial charge in [0, 0.05) is 18.7 Å². The summed E-state index contributed by atoms with van der Waals surface area (Å²) in [4.78, 5) is 24.5. The summed E-state index contributed by atoms with van der Waals surface area (Å²) in [5, 5.41) is 2.81. The molecule has 0 radical (unpaired) electrons. The van der Waals surface area contributed by atoms with E-state index in [9.17, 15) is 9.59 Å². The van der Waals surface area contributed by atoms with E-state index in [-0.39, 0.29) is 18.4 Å². The van der Waals surface area contributed by atoms with Gasteiger partial charge in [-0.15, -0.1) is 0 Å². The molecule has 1 heterocycles. The molecule has 2 amide bonds. The molecule has 0 saturated carbocycles. The smallest absolute Gasteiger partial charge is 0.409 e. The Morgan fingerprint density at radius 1 is 1.37 bits per heavy atom. The number of benzene rings is 1. The SMILES string of the molecule is CCc1ccc(NC(=O)CCN2CCOC2=O)cc1. The lowest BCUT2D eigenvalue weighted by Crippen LogP contribution is -2.28. The van der Waals surface area contributed by atoms with Gasteiger partial charge >= 0.3 is 6.09 Å². The Balaban J connectivity index is 1.78. The van der Waals surface area contributed by atoms with Crippen molar-refractivity contribution in [2.75, 3.05) is 25.0 Å². The average Bonchev–Trinajstić information content (AvgIpc) is 2.83. The van der Waals surface area contributed by atoms with E-state index in [0.717, 1.165) is 12.1 Å². The number of nitrogens with one attached hydrogen (secondary N) is 1. The molecule has 102 valence electrons. The number of carbonyl (C=O) groups excluding carboxylic acids is 2. The maximum Gasteiger partial charge on any atom is 0.409 e. The molecule has 0 aliphatic carbocycles. The first kappa shape index (κ1) is 13.4. The summed E-state index contributed by atoms with van der Waals surface area (Å²) in [6.07, 6.45) is 0.927. The number of aryl methyl sites for hydroxylation is 1. The van der Waals surface area contributed by atoms with Crippen molar-refractivity contribution < 1.29 is 14.3 Å². The maximum absolute atomic E-state index is 11.7. The van der Waals surface area contributed by atoms with Crippen molar-refractivity contribution in [1.29, 1.82) is 0 Å². The lowest BCUT2D eigenvalue weighted by Gasteiger charge is -2.12. The van der Waals surface area contributed by atoms with Crippen LogP contribution >= 0.6 is 0 Å². The molecular formula is C14H18N2O3. The molecule has 1 fully saturated rings. The van der Waals surface area contributed by atoms with Crippen molar-refractivity contribution in [3.63, 3.8) is 0 Å². The van der Waals surface area contributed by atoms with E-state index < -0.39 is 0 Å². The zero-order valence-electron chi connectivity index (χ0n) is 11.0. The van der Waals surface area contributed by atoms with E-state index in [1.54, 1.807) is 4.90 Å². The van der Waals surface area contributed by atoms with Gasteiger partial charge in [0.25, 0.3) is 0 Å². The first-order valence-corrected chi connectivity index (χ1v) is 6.49. The first-order valence-electron chi connectivity index (χ1n) is 6.49. The number of rotatable bonds is 5. The van der Waals surface area contributed by atoms with Crippen LogP contribution in [0.4, 0.5) is 10.5 Å². The van der Waals surface area contributed by atoms with Crippen molar-refractivity contribution in [2.24, 2.45) is 0 Å². The third kappa shape index (κ3) is 3.71. The van der Waals surface area contributed by atoms with E-state index >= 15 is 0 Å². The predicted octanol–water partition coefficient (Wildman–Crippen LogP) is 2.03. The van der Waals surface area contributed by atoms with Gasteiger partial charge < -0.3 is 15.0 Å². The molecule has 0 atom stereocenters. The van der Waals surface area contributed by atoms with E-state index in [4.69, 9.17) is 4.74 Å². The number of anilines is 1. The number of carbonyl (C=O) groups is 2. The fourth-order valence-electron chi connectivity index (χ4n) is 1.91. The van der Waals surface area contributed by atoms with Crippen molar-refractivity contribution in [3.8, 4) is 0 Å². The van der Waals surface area contributed by atoms with Gasteiger partial charge in [-0.25, -0.2) is 4.79 Å². The van der Waals surface area contributed by atoms with Gasteiger partial charge in [0.15, 0.2) is 0 Å². The highest BCUT2D eigenvalue weighted by atomic mass is 16.6. The normalized spacial score (nSPS) is 14.4. The number of hydrogen-bond donors (Lipinski definition) is 1. The van der Waals surface area contributed by atoms with Crippen LogP contribution in [-0.2, 0) is 16.0 Å². The topological polar surface area (TPSA) is 58.6 Å². The average molecular weight is 262 g/mol. The molecule has 0 bridgehead atoms. The van der Waals surface area contributed by atoms with Crippen LogP contribution in [0.15, 0.2) is 24.3 Å². The third-order valence-electron chi connectivity index (χ3n) is 3.10. The second-order valence-electron chi connectivity index (χ2n) is 4.45. The van der Waals surface area contributed by atoms with Gasteiger partial charge in [-0.3, -0.25) is 4.79 Å². The van der Waals surface area contributed by atoms with E-state index in [1.807, 2.05) is 24.3 Å². The Labute approximate surface area is 112 Å². The summed E-state index contributed by atoms with van der Waals surface area (Å²) < 4.78 is 4.80. The minimum atomic E-state index is -0.333. The molecule has 1 saturated heterocycles. The van der Waals surface area contributed by atoms with Crippen LogP contribution in [0.3, 0.4) is 0 Å². The number of ether oxygens (including phenoxy) is 1. The summed E-state index contributed by atoms with van der Waals surface area (Å²) >= 11 is 0. The lowest BCUT2D eigenvalue weighted by molar-refractivity contribution is -0.116. The number of amides is 2. The minimum Gasteiger partial charge on any atom is -0.448 e. The highest BCUT2D eigenvalue weighted by molar-refractivity contribution is 5.91. The zero-order valence-corrected chi connectivity index (χ0v) is 11.0. The second kappa shape index (κ2) is 6.22. The van der Waals surface area contributed by atoms with Crippen molar-refractivity contribution in [1.82, 2.24) is 4.90 Å². The highest BCUT2D eigenvalue weighted by Crippen LogP contribution is 2.11. The van der Waals surface area contributed by atoms with Crippen LogP contribution < -0.4 is 5.32 Å². The molecule has 1 aliphatic heterocycles. The maximum atomic E-state index is 11.7. The quantitative estimate of drug-likeness (QED) is 0.883. The molecule has 1 aromatic rings. The predicted molar refractivity (Wildman–Crippen MR) is 72.0 cm³/mol. The van der Waals surface area contributed by atoms with Gasteiger partial charge in [0.1, 0.15) is 6.61 Å². The highest BCUT2D eigenvalue weighted by Gasteiger charge is 2.21. The summed E-state index contributed by atoms with van der Waals surface area (Å²) in [7, 11) is 0. The summed E-state index contributed by atoms with van der Waals surface area (Å²) in [6, 6.07) is 7.77. The number of cyclic esters (lactones) is 1. The molecule has 19 heavy (non-hydrogen) atoms. The zero-order chi connectivity index (χ0) is 13.7. The van der Waals surface area contributed by atoms with E-state index in [0.29, 0.717) is 19.7 Å². The Hall–Kier alpha value is -2.04. The molecular weight excluding hydrogens is 244 g/mol. The van der Waals surface area contributed by atoms with Gasteiger partial charge in [0.2, 0.25) is 5.91 Å². The Kier molecular flexibility index (Phi) is 4.39. The van der Waals surface area contributed by atoms with Crippen molar-refractivity contribution in [3.05, 3.63) is 29.8 Å². The number of hydrogen-bond acceptors (Lipinski definition) is 3. The van der Waals surface area contributed by atoms with E-state index in [1.165, 1.54) is 5.56 Å². The molecule has 0 spiro atoms. The van der Waals surface area contributed by atoms with Crippen LogP contribution in [0.2, 0.25) is 0 Å². The Morgan fingerprint density at radius 3 is 2.68 bits per heavy atom. The Morgan fingerprint density at radius 2 is 2.11 bits per heavy atom. The minimum absolute atomic E-state index is 0.0936. The molecule has 2 rings (SSSR count). The molecule has 1 N–H and O–H groups in total. The monoisotopic (exact) mass is 262 g/mol. The molecule has 1 aromatic carbocycles. The summed E-state index contributed by atoms with van der Waals surface area (Å²) in [5.74, 6) is -0.0936.